The number of amides is 1. The number of nitrogens with zero attached hydrogens (tertiary/aromatic N) is 1. The van der Waals surface area contributed by atoms with Crippen LogP contribution in [0, 0.1) is 11.6 Å². The van der Waals surface area contributed by atoms with Crippen LogP contribution in [-0.2, 0) is 17.8 Å². The van der Waals surface area contributed by atoms with Gasteiger partial charge in [0.1, 0.15) is 11.6 Å². The second kappa shape index (κ2) is 9.83. The van der Waals surface area contributed by atoms with Crippen LogP contribution in [0.5, 0.6) is 11.5 Å². The van der Waals surface area contributed by atoms with Gasteiger partial charge in [0.25, 0.3) is 0 Å². The molecule has 8 heteroatoms. The third kappa shape index (κ3) is 5.19. The molecule has 0 bridgehead atoms. The minimum absolute atomic E-state index is 0.0133. The summed E-state index contributed by atoms with van der Waals surface area (Å²) in [4.78, 5) is 15.1. The van der Waals surface area contributed by atoms with Crippen molar-refractivity contribution in [2.45, 2.75) is 51.4 Å². The number of hydrogen-bond acceptors (Lipinski definition) is 5. The van der Waals surface area contributed by atoms with Crippen molar-refractivity contribution in [3.8, 4) is 11.5 Å². The van der Waals surface area contributed by atoms with E-state index in [0.717, 1.165) is 29.2 Å². The van der Waals surface area contributed by atoms with Crippen molar-refractivity contribution in [2.24, 2.45) is 0 Å². The lowest BCUT2D eigenvalue weighted by molar-refractivity contribution is -0.126. The number of likely N-dealkylation sites (tertiary alicyclic amines) is 1. The van der Waals surface area contributed by atoms with Crippen molar-refractivity contribution in [2.75, 3.05) is 19.9 Å². The Kier molecular flexibility index (Phi) is 6.91. The monoisotopic (exact) mass is 445 g/mol. The molecule has 32 heavy (non-hydrogen) atoms. The number of fused-ring (bicyclic) bond motifs is 1. The maximum atomic E-state index is 13.9. The highest BCUT2D eigenvalue weighted by Crippen LogP contribution is 2.32. The molecule has 1 saturated heterocycles. The highest BCUT2D eigenvalue weighted by molar-refractivity contribution is 5.82. The molecule has 2 N–H and O–H groups in total. The van der Waals surface area contributed by atoms with Crippen LogP contribution in [0.25, 0.3) is 0 Å². The molecular weight excluding hydrogens is 416 g/mol. The molecule has 2 aromatic rings. The molecule has 0 unspecified atom stereocenters. The van der Waals surface area contributed by atoms with E-state index in [-0.39, 0.29) is 42.9 Å². The van der Waals surface area contributed by atoms with Crippen LogP contribution in [0.1, 0.15) is 31.4 Å². The first kappa shape index (κ1) is 22.5. The van der Waals surface area contributed by atoms with Gasteiger partial charge in [0.05, 0.1) is 6.04 Å². The Balaban J connectivity index is 1.30. The van der Waals surface area contributed by atoms with Gasteiger partial charge in [0, 0.05) is 37.3 Å². The molecule has 0 radical (unpaired) electrons. The van der Waals surface area contributed by atoms with Crippen molar-refractivity contribution >= 4 is 5.91 Å². The van der Waals surface area contributed by atoms with Crippen molar-refractivity contribution in [1.82, 2.24) is 15.5 Å². The molecule has 4 rings (SSSR count). The SMILES string of the molecule is CC(C)N1C[C@H](NCc2cc(F)ccc2F)C[C@H]1C(=O)NCCc1ccc2c(c1)OCO2. The van der Waals surface area contributed by atoms with Crippen LogP contribution in [0.15, 0.2) is 36.4 Å². The van der Waals surface area contributed by atoms with Gasteiger partial charge in [-0.1, -0.05) is 6.07 Å². The summed E-state index contributed by atoms with van der Waals surface area (Å²) in [7, 11) is 0. The number of carbonyl (C=O) groups is 1. The van der Waals surface area contributed by atoms with Crippen molar-refractivity contribution in [3.63, 3.8) is 0 Å². The summed E-state index contributed by atoms with van der Waals surface area (Å²) in [5.74, 6) is 0.571. The quantitative estimate of drug-likeness (QED) is 0.654. The second-order valence-corrected chi connectivity index (χ2v) is 8.58. The van der Waals surface area contributed by atoms with E-state index < -0.39 is 11.6 Å². The highest BCUT2D eigenvalue weighted by Gasteiger charge is 2.37. The van der Waals surface area contributed by atoms with Crippen LogP contribution in [-0.4, -0.2) is 48.8 Å². The molecule has 0 aliphatic carbocycles. The fourth-order valence-electron chi connectivity index (χ4n) is 4.31. The van der Waals surface area contributed by atoms with Gasteiger partial charge < -0.3 is 20.1 Å². The standard InChI is InChI=1S/C24H29F2N3O3/c1-15(2)29-13-19(28-12-17-10-18(25)4-5-20(17)26)11-21(29)24(30)27-8-7-16-3-6-22-23(9-16)32-14-31-22/h3-6,9-10,15,19,21,28H,7-8,11-14H2,1-2H3,(H,27,30)/t19-,21+/m1/s1. The van der Waals surface area contributed by atoms with E-state index in [2.05, 4.69) is 29.4 Å². The van der Waals surface area contributed by atoms with Gasteiger partial charge in [-0.3, -0.25) is 9.69 Å². The third-order valence-corrected chi connectivity index (χ3v) is 6.04. The Labute approximate surface area is 186 Å². The zero-order valence-corrected chi connectivity index (χ0v) is 18.4. The first-order chi connectivity index (χ1) is 15.4. The lowest BCUT2D eigenvalue weighted by Crippen LogP contribution is -2.46. The molecule has 0 saturated carbocycles. The van der Waals surface area contributed by atoms with Gasteiger partial charge in [-0.2, -0.15) is 0 Å². The fourth-order valence-corrected chi connectivity index (χ4v) is 4.31. The number of benzene rings is 2. The van der Waals surface area contributed by atoms with Gasteiger partial charge in [-0.05, 0) is 62.6 Å². The summed E-state index contributed by atoms with van der Waals surface area (Å²) >= 11 is 0. The van der Waals surface area contributed by atoms with E-state index in [4.69, 9.17) is 9.47 Å². The highest BCUT2D eigenvalue weighted by atomic mass is 19.1. The first-order valence-electron chi connectivity index (χ1n) is 11.0. The van der Waals surface area contributed by atoms with Gasteiger partial charge in [0.2, 0.25) is 12.7 Å². The summed E-state index contributed by atoms with van der Waals surface area (Å²) in [5, 5.41) is 6.33. The Hall–Kier alpha value is -2.71. The predicted octanol–water partition coefficient (Wildman–Crippen LogP) is 2.99. The number of rotatable bonds is 8. The van der Waals surface area contributed by atoms with E-state index in [1.165, 1.54) is 6.07 Å². The molecule has 172 valence electrons. The Bertz CT molecular complexity index is 970. The molecule has 1 fully saturated rings. The number of nitrogens with one attached hydrogen (secondary N) is 2. The van der Waals surface area contributed by atoms with Gasteiger partial charge >= 0.3 is 0 Å². The Morgan fingerprint density at radius 2 is 1.97 bits per heavy atom. The normalized spacial score (nSPS) is 20.2. The molecule has 2 aliphatic rings. The van der Waals surface area contributed by atoms with Gasteiger partial charge in [-0.15, -0.1) is 0 Å². The molecule has 2 aliphatic heterocycles. The average molecular weight is 446 g/mol. The average Bonchev–Trinajstić information content (AvgIpc) is 3.41. The first-order valence-corrected chi connectivity index (χ1v) is 11.0. The second-order valence-electron chi connectivity index (χ2n) is 8.58. The maximum absolute atomic E-state index is 13.9. The van der Waals surface area contributed by atoms with E-state index in [9.17, 15) is 13.6 Å². The lowest BCUT2D eigenvalue weighted by Gasteiger charge is -2.27. The smallest absolute Gasteiger partial charge is 0.237 e. The largest absolute Gasteiger partial charge is 0.454 e. The topological polar surface area (TPSA) is 62.8 Å². The van der Waals surface area contributed by atoms with E-state index >= 15 is 0 Å². The third-order valence-electron chi connectivity index (χ3n) is 6.04. The van der Waals surface area contributed by atoms with Crippen LogP contribution in [0.2, 0.25) is 0 Å². The number of halogens is 2. The summed E-state index contributed by atoms with van der Waals surface area (Å²) in [6.45, 7) is 5.77. The van der Waals surface area contributed by atoms with Crippen LogP contribution in [0.4, 0.5) is 8.78 Å². The summed E-state index contributed by atoms with van der Waals surface area (Å²) in [5.41, 5.74) is 1.36. The van der Waals surface area contributed by atoms with Gasteiger partial charge in [-0.25, -0.2) is 8.78 Å². The van der Waals surface area contributed by atoms with Crippen LogP contribution < -0.4 is 20.1 Å². The number of carbonyl (C=O) groups excluding carboxylic acids is 1. The minimum atomic E-state index is -0.460. The maximum Gasteiger partial charge on any atom is 0.237 e. The molecule has 1 amide bonds. The van der Waals surface area contributed by atoms with Crippen molar-refractivity contribution < 1.29 is 23.0 Å². The Morgan fingerprint density at radius 3 is 2.78 bits per heavy atom. The predicted molar refractivity (Wildman–Crippen MR) is 117 cm³/mol. The van der Waals surface area contributed by atoms with E-state index in [1.807, 2.05) is 18.2 Å². The molecule has 6 nitrogen and oxygen atoms in total. The molecule has 0 aromatic heterocycles. The van der Waals surface area contributed by atoms with Crippen LogP contribution in [0.3, 0.4) is 0 Å². The molecule has 0 spiro atoms. The fraction of sp³-hybridized carbons (Fsp3) is 0.458. The zero-order chi connectivity index (χ0) is 22.7. The van der Waals surface area contributed by atoms with E-state index in [1.54, 1.807) is 0 Å². The number of hydrogen-bond donors (Lipinski definition) is 2. The Morgan fingerprint density at radius 1 is 1.16 bits per heavy atom. The van der Waals surface area contributed by atoms with E-state index in [0.29, 0.717) is 25.9 Å². The summed E-state index contributed by atoms with van der Waals surface area (Å²) in [6.07, 6.45) is 1.31. The zero-order valence-electron chi connectivity index (χ0n) is 18.4. The number of ether oxygens (including phenoxy) is 2. The molecule has 2 aromatic carbocycles. The molecular formula is C24H29F2N3O3. The van der Waals surface area contributed by atoms with Crippen molar-refractivity contribution in [3.05, 3.63) is 59.2 Å². The molecule has 2 atom stereocenters. The summed E-state index contributed by atoms with van der Waals surface area (Å²) in [6, 6.07) is 9.20. The van der Waals surface area contributed by atoms with Crippen molar-refractivity contribution in [1.29, 1.82) is 0 Å². The summed E-state index contributed by atoms with van der Waals surface area (Å²) < 4.78 is 38.1. The van der Waals surface area contributed by atoms with Gasteiger partial charge in [0.15, 0.2) is 11.5 Å². The molecule has 2 heterocycles. The minimum Gasteiger partial charge on any atom is -0.454 e. The lowest BCUT2D eigenvalue weighted by atomic mass is 10.1. The van der Waals surface area contributed by atoms with Crippen LogP contribution >= 0.6 is 0 Å².